The first-order valence-electron chi connectivity index (χ1n) is 7.63. The molecule has 124 valence electrons. The van der Waals surface area contributed by atoms with Crippen molar-refractivity contribution in [2.24, 2.45) is 5.92 Å². The Morgan fingerprint density at radius 3 is 2.67 bits per heavy atom. The van der Waals surface area contributed by atoms with E-state index in [1.165, 1.54) is 10.6 Å². The topological polar surface area (TPSA) is 76.1 Å². The third-order valence-electron chi connectivity index (χ3n) is 4.86. The Bertz CT molecular complexity index is 433. The number of aliphatic hydroxyl groups excluding tert-OH is 1. The van der Waals surface area contributed by atoms with E-state index >= 15 is 0 Å². The second-order valence-electron chi connectivity index (χ2n) is 6.26. The van der Waals surface area contributed by atoms with Crippen LogP contribution >= 0.6 is 0 Å². The van der Waals surface area contributed by atoms with Gasteiger partial charge in [-0.1, -0.05) is 0 Å². The molecule has 2 aliphatic heterocycles. The number of hydrogen-bond acceptors (Lipinski definition) is 5. The van der Waals surface area contributed by atoms with E-state index in [0.717, 1.165) is 12.8 Å². The molecule has 0 aromatic rings. The summed E-state index contributed by atoms with van der Waals surface area (Å²) >= 11 is 0. The highest BCUT2D eigenvalue weighted by Gasteiger charge is 2.41. The summed E-state index contributed by atoms with van der Waals surface area (Å²) in [5, 5.41) is 10.6. The van der Waals surface area contributed by atoms with Crippen molar-refractivity contribution in [3.8, 4) is 0 Å². The molecular formula is C14H27NO5S. The second kappa shape index (κ2) is 6.91. The van der Waals surface area contributed by atoms with Crippen LogP contribution in [0, 0.1) is 5.92 Å². The van der Waals surface area contributed by atoms with Crippen LogP contribution in [0.5, 0.6) is 0 Å². The number of sulfonamides is 1. The lowest BCUT2D eigenvalue weighted by Crippen LogP contribution is -2.50. The van der Waals surface area contributed by atoms with Crippen LogP contribution in [0.3, 0.4) is 0 Å². The highest BCUT2D eigenvalue weighted by Crippen LogP contribution is 2.33. The fourth-order valence-corrected chi connectivity index (χ4v) is 4.38. The first-order chi connectivity index (χ1) is 9.87. The zero-order chi connectivity index (χ0) is 15.5. The zero-order valence-corrected chi connectivity index (χ0v) is 13.8. The van der Waals surface area contributed by atoms with Crippen molar-refractivity contribution in [3.05, 3.63) is 0 Å². The standard InChI is InChI=1S/C14H27NO5S/c1-19-14(5-8-20-9-6-14)13(16)10-12-4-3-7-15(11-12)21(2,17)18/h12-13,16H,3-11H2,1-2H3. The molecule has 0 amide bonds. The summed E-state index contributed by atoms with van der Waals surface area (Å²) in [6, 6.07) is 0. The Kier molecular flexibility index (Phi) is 5.65. The minimum absolute atomic E-state index is 0.193. The molecule has 2 fully saturated rings. The van der Waals surface area contributed by atoms with E-state index in [1.54, 1.807) is 7.11 Å². The van der Waals surface area contributed by atoms with Gasteiger partial charge in [-0.15, -0.1) is 0 Å². The first kappa shape index (κ1) is 17.1. The lowest BCUT2D eigenvalue weighted by molar-refractivity contribution is -0.157. The molecular weight excluding hydrogens is 294 g/mol. The smallest absolute Gasteiger partial charge is 0.211 e. The van der Waals surface area contributed by atoms with Crippen LogP contribution in [0.4, 0.5) is 0 Å². The fraction of sp³-hybridized carbons (Fsp3) is 1.00. The number of aliphatic hydroxyl groups is 1. The molecule has 2 aliphatic rings. The molecule has 0 aliphatic carbocycles. The molecule has 2 heterocycles. The quantitative estimate of drug-likeness (QED) is 0.803. The Labute approximate surface area is 127 Å². The van der Waals surface area contributed by atoms with Gasteiger partial charge in [-0.3, -0.25) is 0 Å². The van der Waals surface area contributed by atoms with E-state index in [-0.39, 0.29) is 5.92 Å². The number of nitrogens with zero attached hydrogens (tertiary/aromatic N) is 1. The molecule has 0 spiro atoms. The van der Waals surface area contributed by atoms with Gasteiger partial charge in [0.05, 0.1) is 18.0 Å². The molecule has 0 aromatic heterocycles. The SMILES string of the molecule is COC1(C(O)CC2CCCN(S(C)(=O)=O)C2)CCOCC1. The third kappa shape index (κ3) is 4.16. The number of hydrogen-bond donors (Lipinski definition) is 1. The molecule has 2 saturated heterocycles. The Balaban J connectivity index is 1.96. The maximum atomic E-state index is 11.7. The van der Waals surface area contributed by atoms with Crippen molar-refractivity contribution in [1.82, 2.24) is 4.31 Å². The Morgan fingerprint density at radius 1 is 1.43 bits per heavy atom. The summed E-state index contributed by atoms with van der Waals surface area (Å²) in [6.07, 6.45) is 4.45. The number of rotatable bonds is 5. The van der Waals surface area contributed by atoms with E-state index in [9.17, 15) is 13.5 Å². The maximum Gasteiger partial charge on any atom is 0.211 e. The van der Waals surface area contributed by atoms with Gasteiger partial charge in [0.25, 0.3) is 0 Å². The minimum Gasteiger partial charge on any atom is -0.390 e. The predicted molar refractivity (Wildman–Crippen MR) is 79.6 cm³/mol. The van der Waals surface area contributed by atoms with Gasteiger partial charge < -0.3 is 14.6 Å². The summed E-state index contributed by atoms with van der Waals surface area (Å²) in [4.78, 5) is 0. The van der Waals surface area contributed by atoms with Gasteiger partial charge in [-0.2, -0.15) is 0 Å². The van der Waals surface area contributed by atoms with Gasteiger partial charge in [0.15, 0.2) is 0 Å². The van der Waals surface area contributed by atoms with Crippen LogP contribution in [-0.4, -0.2) is 69.2 Å². The fourth-order valence-electron chi connectivity index (χ4n) is 3.44. The molecule has 0 radical (unpaired) electrons. The van der Waals surface area contributed by atoms with E-state index in [4.69, 9.17) is 9.47 Å². The van der Waals surface area contributed by atoms with E-state index < -0.39 is 21.7 Å². The minimum atomic E-state index is -3.14. The number of methoxy groups -OCH3 is 1. The van der Waals surface area contributed by atoms with Gasteiger partial charge in [-0.25, -0.2) is 12.7 Å². The molecule has 2 rings (SSSR count). The van der Waals surface area contributed by atoms with Gasteiger partial charge >= 0.3 is 0 Å². The van der Waals surface area contributed by atoms with E-state index in [2.05, 4.69) is 0 Å². The Morgan fingerprint density at radius 2 is 2.10 bits per heavy atom. The molecule has 0 bridgehead atoms. The first-order valence-corrected chi connectivity index (χ1v) is 9.48. The van der Waals surface area contributed by atoms with Crippen molar-refractivity contribution in [2.45, 2.75) is 43.8 Å². The maximum absolute atomic E-state index is 11.7. The van der Waals surface area contributed by atoms with Gasteiger partial charge in [-0.05, 0) is 25.2 Å². The van der Waals surface area contributed by atoms with Crippen molar-refractivity contribution in [2.75, 3.05) is 39.7 Å². The molecule has 6 nitrogen and oxygen atoms in total. The highest BCUT2D eigenvalue weighted by molar-refractivity contribution is 7.88. The average Bonchev–Trinajstić information content (AvgIpc) is 2.47. The normalized spacial score (nSPS) is 29.2. The second-order valence-corrected chi connectivity index (χ2v) is 8.24. The summed E-state index contributed by atoms with van der Waals surface area (Å²) in [6.45, 7) is 2.30. The van der Waals surface area contributed by atoms with Crippen LogP contribution in [0.15, 0.2) is 0 Å². The molecule has 21 heavy (non-hydrogen) atoms. The molecule has 0 aromatic carbocycles. The summed E-state index contributed by atoms with van der Waals surface area (Å²) in [7, 11) is -1.50. The van der Waals surface area contributed by atoms with Crippen LogP contribution in [0.1, 0.15) is 32.1 Å². The van der Waals surface area contributed by atoms with Crippen LogP contribution in [0.2, 0.25) is 0 Å². The third-order valence-corrected chi connectivity index (χ3v) is 6.13. The largest absolute Gasteiger partial charge is 0.390 e. The van der Waals surface area contributed by atoms with Crippen molar-refractivity contribution >= 4 is 10.0 Å². The summed E-state index contributed by atoms with van der Waals surface area (Å²) < 4.78 is 35.8. The van der Waals surface area contributed by atoms with E-state index in [1.807, 2.05) is 0 Å². The number of ether oxygens (including phenoxy) is 2. The van der Waals surface area contributed by atoms with Crippen LogP contribution < -0.4 is 0 Å². The molecule has 1 N–H and O–H groups in total. The van der Waals surface area contributed by atoms with Crippen molar-refractivity contribution < 1.29 is 23.0 Å². The Hall–Kier alpha value is -0.210. The molecule has 2 unspecified atom stereocenters. The van der Waals surface area contributed by atoms with Crippen LogP contribution in [-0.2, 0) is 19.5 Å². The van der Waals surface area contributed by atoms with Crippen LogP contribution in [0.25, 0.3) is 0 Å². The summed E-state index contributed by atoms with van der Waals surface area (Å²) in [5.74, 6) is 0.193. The lowest BCUT2D eigenvalue weighted by atomic mass is 9.81. The predicted octanol–water partition coefficient (Wildman–Crippen LogP) is 0.605. The molecule has 7 heteroatoms. The summed E-state index contributed by atoms with van der Waals surface area (Å²) in [5.41, 5.74) is -0.536. The van der Waals surface area contributed by atoms with Crippen molar-refractivity contribution in [1.29, 1.82) is 0 Å². The highest BCUT2D eigenvalue weighted by atomic mass is 32.2. The zero-order valence-electron chi connectivity index (χ0n) is 13.0. The monoisotopic (exact) mass is 321 g/mol. The lowest BCUT2D eigenvalue weighted by Gasteiger charge is -2.42. The molecule has 2 atom stereocenters. The van der Waals surface area contributed by atoms with Gasteiger partial charge in [0.2, 0.25) is 10.0 Å². The van der Waals surface area contributed by atoms with Gasteiger partial charge in [0, 0.05) is 46.3 Å². The van der Waals surface area contributed by atoms with Gasteiger partial charge in [0.1, 0.15) is 0 Å². The molecule has 0 saturated carbocycles. The average molecular weight is 321 g/mol. The van der Waals surface area contributed by atoms with Crippen molar-refractivity contribution in [3.63, 3.8) is 0 Å². The van der Waals surface area contributed by atoms with E-state index in [0.29, 0.717) is 45.6 Å². The number of piperidine rings is 1.